The van der Waals surface area contributed by atoms with E-state index in [1.165, 1.54) is 0 Å². The first-order valence-electron chi connectivity index (χ1n) is 9.30. The van der Waals surface area contributed by atoms with Crippen LogP contribution in [-0.4, -0.2) is 20.9 Å². The molecule has 0 unspecified atom stereocenters. The molecule has 4 heterocycles. The fourth-order valence-corrected chi connectivity index (χ4v) is 4.02. The molecule has 0 atom stereocenters. The fourth-order valence-electron chi connectivity index (χ4n) is 4.02. The number of hydrogen-bond donors (Lipinski definition) is 2. The maximum Gasteiger partial charge on any atom is 0.252 e. The minimum absolute atomic E-state index is 0.0125. The van der Waals surface area contributed by atoms with Crippen LogP contribution in [0.25, 0.3) is 33.3 Å². The smallest absolute Gasteiger partial charge is 0.252 e. The molecule has 0 fully saturated rings. The van der Waals surface area contributed by atoms with E-state index in [9.17, 15) is 4.79 Å². The van der Waals surface area contributed by atoms with Gasteiger partial charge in [0.1, 0.15) is 5.65 Å². The molecule has 138 valence electrons. The Morgan fingerprint density at radius 3 is 2.64 bits per heavy atom. The standard InChI is InChI=1S/C23H20N4O/c1-13-16(5-4-8-24-13)15-9-18-19(12-26-21(18)25-11-15)14-6-7-17-20(10-14)23(2,3)27-22(17)28/h4-12H,1-3H3,(H,25,26)(H,27,28). The summed E-state index contributed by atoms with van der Waals surface area (Å²) in [6.45, 7) is 6.06. The Hall–Kier alpha value is -3.47. The van der Waals surface area contributed by atoms with Crippen molar-refractivity contribution in [2.45, 2.75) is 26.3 Å². The molecule has 1 aliphatic rings. The van der Waals surface area contributed by atoms with Gasteiger partial charge in [0.25, 0.3) is 5.91 Å². The van der Waals surface area contributed by atoms with Gasteiger partial charge in [-0.05, 0) is 56.2 Å². The van der Waals surface area contributed by atoms with Crippen molar-refractivity contribution in [3.8, 4) is 22.3 Å². The number of fused-ring (bicyclic) bond motifs is 2. The SMILES string of the molecule is Cc1ncccc1-c1cnc2[nH]cc(-c3ccc4c(c3)C(C)(C)NC4=O)c2c1. The molecule has 5 nitrogen and oxygen atoms in total. The van der Waals surface area contributed by atoms with Crippen LogP contribution in [0.2, 0.25) is 0 Å². The number of nitrogens with one attached hydrogen (secondary N) is 2. The van der Waals surface area contributed by atoms with Gasteiger partial charge < -0.3 is 10.3 Å². The van der Waals surface area contributed by atoms with Gasteiger partial charge in [-0.3, -0.25) is 9.78 Å². The molecular weight excluding hydrogens is 348 g/mol. The Labute approximate surface area is 162 Å². The normalized spacial score (nSPS) is 14.9. The summed E-state index contributed by atoms with van der Waals surface area (Å²) in [5.74, 6) is -0.0125. The second-order valence-corrected chi connectivity index (χ2v) is 7.80. The second-order valence-electron chi connectivity index (χ2n) is 7.80. The van der Waals surface area contributed by atoms with Gasteiger partial charge in [-0.1, -0.05) is 12.1 Å². The zero-order valence-corrected chi connectivity index (χ0v) is 16.0. The van der Waals surface area contributed by atoms with Crippen LogP contribution in [0, 0.1) is 6.92 Å². The quantitative estimate of drug-likeness (QED) is 0.544. The molecule has 2 N–H and O–H groups in total. The molecule has 0 spiro atoms. The van der Waals surface area contributed by atoms with E-state index in [-0.39, 0.29) is 11.4 Å². The van der Waals surface area contributed by atoms with E-state index in [1.54, 1.807) is 6.20 Å². The first kappa shape index (κ1) is 16.7. The van der Waals surface area contributed by atoms with Crippen LogP contribution in [-0.2, 0) is 5.54 Å². The van der Waals surface area contributed by atoms with Crippen molar-refractivity contribution in [2.75, 3.05) is 0 Å². The molecule has 5 heteroatoms. The van der Waals surface area contributed by atoms with Crippen LogP contribution in [0.3, 0.4) is 0 Å². The highest BCUT2D eigenvalue weighted by atomic mass is 16.2. The van der Waals surface area contributed by atoms with Gasteiger partial charge in [0.2, 0.25) is 0 Å². The van der Waals surface area contributed by atoms with Crippen LogP contribution in [0.5, 0.6) is 0 Å². The minimum Gasteiger partial charge on any atom is -0.346 e. The van der Waals surface area contributed by atoms with Crippen molar-refractivity contribution in [1.82, 2.24) is 20.3 Å². The summed E-state index contributed by atoms with van der Waals surface area (Å²) in [5, 5.41) is 4.09. The third-order valence-electron chi connectivity index (χ3n) is 5.52. The summed E-state index contributed by atoms with van der Waals surface area (Å²) in [6, 6.07) is 12.2. The summed E-state index contributed by atoms with van der Waals surface area (Å²) < 4.78 is 0. The summed E-state index contributed by atoms with van der Waals surface area (Å²) in [5.41, 5.74) is 7.48. The fraction of sp³-hybridized carbons (Fsp3) is 0.174. The van der Waals surface area contributed by atoms with E-state index in [4.69, 9.17) is 0 Å². The Balaban J connectivity index is 1.68. The first-order valence-corrected chi connectivity index (χ1v) is 9.30. The average molecular weight is 368 g/mol. The Morgan fingerprint density at radius 1 is 0.964 bits per heavy atom. The van der Waals surface area contributed by atoms with Crippen molar-refractivity contribution in [3.05, 3.63) is 71.8 Å². The summed E-state index contributed by atoms with van der Waals surface area (Å²) in [6.07, 6.45) is 5.66. The Morgan fingerprint density at radius 2 is 1.82 bits per heavy atom. The van der Waals surface area contributed by atoms with Crippen molar-refractivity contribution >= 4 is 16.9 Å². The number of amides is 1. The lowest BCUT2D eigenvalue weighted by Gasteiger charge is -2.19. The maximum absolute atomic E-state index is 12.2. The average Bonchev–Trinajstić information content (AvgIpc) is 3.20. The third kappa shape index (κ3) is 2.43. The lowest BCUT2D eigenvalue weighted by Crippen LogP contribution is -2.32. The van der Waals surface area contributed by atoms with Gasteiger partial charge in [-0.25, -0.2) is 4.98 Å². The highest BCUT2D eigenvalue weighted by Gasteiger charge is 2.35. The maximum atomic E-state index is 12.2. The number of aryl methyl sites for hydroxylation is 1. The third-order valence-corrected chi connectivity index (χ3v) is 5.52. The number of pyridine rings is 2. The molecule has 5 rings (SSSR count). The number of H-pyrrole nitrogens is 1. The predicted molar refractivity (Wildman–Crippen MR) is 110 cm³/mol. The monoisotopic (exact) mass is 368 g/mol. The number of nitrogens with zero attached hydrogens (tertiary/aromatic N) is 2. The van der Waals surface area contributed by atoms with Gasteiger partial charge >= 0.3 is 0 Å². The zero-order chi connectivity index (χ0) is 19.5. The number of benzene rings is 1. The van der Waals surface area contributed by atoms with E-state index in [2.05, 4.69) is 38.5 Å². The molecule has 28 heavy (non-hydrogen) atoms. The minimum atomic E-state index is -0.370. The second kappa shape index (κ2) is 5.76. The van der Waals surface area contributed by atoms with Crippen LogP contribution in [0.15, 0.2) is 55.0 Å². The first-order chi connectivity index (χ1) is 13.4. The highest BCUT2D eigenvalue weighted by molar-refractivity contribution is 6.02. The largest absolute Gasteiger partial charge is 0.346 e. The summed E-state index contributed by atoms with van der Waals surface area (Å²) >= 11 is 0. The van der Waals surface area contributed by atoms with Crippen LogP contribution in [0.1, 0.15) is 35.5 Å². The van der Waals surface area contributed by atoms with Gasteiger partial charge in [0, 0.05) is 51.9 Å². The van der Waals surface area contributed by atoms with Gasteiger partial charge in [0.15, 0.2) is 0 Å². The summed E-state index contributed by atoms with van der Waals surface area (Å²) in [7, 11) is 0. The molecule has 0 saturated heterocycles. The number of carbonyl (C=O) groups excluding carboxylic acids is 1. The molecule has 0 radical (unpaired) electrons. The summed E-state index contributed by atoms with van der Waals surface area (Å²) in [4.78, 5) is 24.5. The van der Waals surface area contributed by atoms with Gasteiger partial charge in [-0.2, -0.15) is 0 Å². The molecule has 1 amide bonds. The number of aromatic nitrogens is 3. The molecular formula is C23H20N4O. The molecule has 1 aliphatic heterocycles. The van der Waals surface area contributed by atoms with E-state index in [1.807, 2.05) is 51.4 Å². The molecule has 0 bridgehead atoms. The van der Waals surface area contributed by atoms with E-state index >= 15 is 0 Å². The van der Waals surface area contributed by atoms with Crippen molar-refractivity contribution in [3.63, 3.8) is 0 Å². The van der Waals surface area contributed by atoms with Crippen molar-refractivity contribution < 1.29 is 4.79 Å². The van der Waals surface area contributed by atoms with Crippen LogP contribution >= 0.6 is 0 Å². The van der Waals surface area contributed by atoms with Gasteiger partial charge in [-0.15, -0.1) is 0 Å². The van der Waals surface area contributed by atoms with Gasteiger partial charge in [0.05, 0.1) is 5.54 Å². The molecule has 4 aromatic rings. The van der Waals surface area contributed by atoms with E-state index < -0.39 is 0 Å². The molecule has 3 aromatic heterocycles. The number of aromatic amines is 1. The number of hydrogen-bond acceptors (Lipinski definition) is 3. The van der Waals surface area contributed by atoms with Crippen LogP contribution < -0.4 is 5.32 Å². The van der Waals surface area contributed by atoms with Crippen molar-refractivity contribution in [1.29, 1.82) is 0 Å². The molecule has 0 aliphatic carbocycles. The predicted octanol–water partition coefficient (Wildman–Crippen LogP) is 4.58. The zero-order valence-electron chi connectivity index (χ0n) is 16.0. The number of rotatable bonds is 2. The van der Waals surface area contributed by atoms with E-state index in [0.717, 1.165) is 50.1 Å². The Kier molecular flexibility index (Phi) is 3.43. The number of carbonyl (C=O) groups is 1. The highest BCUT2D eigenvalue weighted by Crippen LogP contribution is 2.37. The van der Waals surface area contributed by atoms with E-state index in [0.29, 0.717) is 0 Å². The molecule has 1 aromatic carbocycles. The lowest BCUT2D eigenvalue weighted by atomic mass is 9.91. The van der Waals surface area contributed by atoms with Crippen molar-refractivity contribution in [2.24, 2.45) is 0 Å². The molecule has 0 saturated carbocycles. The Bertz CT molecular complexity index is 1250. The lowest BCUT2D eigenvalue weighted by molar-refractivity contribution is 0.0940. The topological polar surface area (TPSA) is 70.7 Å². The van der Waals surface area contributed by atoms with Crippen LogP contribution in [0.4, 0.5) is 0 Å².